The van der Waals surface area contributed by atoms with Gasteiger partial charge in [0.25, 0.3) is 0 Å². The lowest BCUT2D eigenvalue weighted by molar-refractivity contribution is -0.144. The fourth-order valence-corrected chi connectivity index (χ4v) is 2.86. The van der Waals surface area contributed by atoms with Crippen LogP contribution in [-0.2, 0) is 24.0 Å². The molecule has 0 heterocycles. The first-order chi connectivity index (χ1) is 15.3. The Morgan fingerprint density at radius 3 is 1.94 bits per heavy atom. The van der Waals surface area contributed by atoms with E-state index in [1.807, 2.05) is 6.92 Å². The third-order valence-electron chi connectivity index (χ3n) is 5.22. The van der Waals surface area contributed by atoms with Crippen LogP contribution in [0.15, 0.2) is 0 Å². The first-order valence-electron chi connectivity index (χ1n) is 10.9. The summed E-state index contributed by atoms with van der Waals surface area (Å²) in [4.78, 5) is 60.2. The molecule has 0 aromatic carbocycles. The molecule has 6 atom stereocenters. The molecule has 13 nitrogen and oxygen atoms in total. The molecule has 33 heavy (non-hydrogen) atoms. The van der Waals surface area contributed by atoms with Crippen molar-refractivity contribution in [2.24, 2.45) is 23.1 Å². The van der Waals surface area contributed by atoms with E-state index in [0.717, 1.165) is 0 Å². The quantitative estimate of drug-likeness (QED) is 0.108. The molecule has 0 aliphatic heterocycles. The predicted molar refractivity (Wildman–Crippen MR) is 119 cm³/mol. The third-order valence-corrected chi connectivity index (χ3v) is 5.22. The average Bonchev–Trinajstić information content (AvgIpc) is 2.74. The molecule has 4 amide bonds. The van der Waals surface area contributed by atoms with E-state index in [9.17, 15) is 29.1 Å². The van der Waals surface area contributed by atoms with E-state index in [0.29, 0.717) is 25.8 Å². The Bertz CT molecular complexity index is 688. The molecule has 190 valence electrons. The minimum Gasteiger partial charge on any atom is -0.480 e. The van der Waals surface area contributed by atoms with Crippen LogP contribution >= 0.6 is 0 Å². The zero-order valence-electron chi connectivity index (χ0n) is 19.4. The number of hydrogen-bond acceptors (Lipinski definition) is 8. The van der Waals surface area contributed by atoms with Crippen LogP contribution < -0.4 is 33.2 Å². The number of carboxylic acids is 1. The Morgan fingerprint density at radius 1 is 0.909 bits per heavy atom. The number of aliphatic carboxylic acids is 1. The molecule has 13 heteroatoms. The maximum absolute atomic E-state index is 12.9. The van der Waals surface area contributed by atoms with Crippen LogP contribution in [0.4, 0.5) is 0 Å². The highest BCUT2D eigenvalue weighted by Crippen LogP contribution is 2.08. The molecule has 0 aliphatic carbocycles. The number of aliphatic hydroxyl groups is 1. The number of amides is 4. The highest BCUT2D eigenvalue weighted by molar-refractivity contribution is 5.95. The highest BCUT2D eigenvalue weighted by atomic mass is 16.4. The Hall–Kier alpha value is -2.77. The molecule has 0 fully saturated rings. The van der Waals surface area contributed by atoms with Crippen molar-refractivity contribution >= 4 is 29.6 Å². The van der Waals surface area contributed by atoms with Crippen molar-refractivity contribution in [2.45, 2.75) is 83.1 Å². The maximum Gasteiger partial charge on any atom is 0.326 e. The fraction of sp³-hybridized carbons (Fsp3) is 0.750. The minimum absolute atomic E-state index is 0.132. The second-order valence-electron chi connectivity index (χ2n) is 8.05. The second kappa shape index (κ2) is 15.1. The first-order valence-corrected chi connectivity index (χ1v) is 10.9. The number of carbonyl (C=O) groups is 5. The van der Waals surface area contributed by atoms with E-state index >= 15 is 0 Å². The van der Waals surface area contributed by atoms with Crippen LogP contribution in [0, 0.1) is 5.92 Å². The van der Waals surface area contributed by atoms with Crippen LogP contribution in [0.1, 0.15) is 52.9 Å². The molecular weight excluding hydrogens is 436 g/mol. The van der Waals surface area contributed by atoms with Gasteiger partial charge < -0.3 is 43.4 Å². The van der Waals surface area contributed by atoms with Crippen LogP contribution in [0.5, 0.6) is 0 Å². The second-order valence-corrected chi connectivity index (χ2v) is 8.05. The maximum atomic E-state index is 12.9. The number of carboxylic acid groups (broad SMARTS) is 1. The smallest absolute Gasteiger partial charge is 0.326 e. The van der Waals surface area contributed by atoms with Crippen LogP contribution in [0.3, 0.4) is 0 Å². The summed E-state index contributed by atoms with van der Waals surface area (Å²) in [5.41, 5.74) is 16.4. The largest absolute Gasteiger partial charge is 0.480 e. The van der Waals surface area contributed by atoms with Gasteiger partial charge in [-0.15, -0.1) is 0 Å². The molecule has 0 aromatic rings. The number of rotatable bonds is 16. The van der Waals surface area contributed by atoms with Crippen molar-refractivity contribution in [3.05, 3.63) is 0 Å². The summed E-state index contributed by atoms with van der Waals surface area (Å²) in [6, 6.07) is -5.10. The SMILES string of the molecule is CCC(C)C(N)C(=O)NC(CCCCN)C(=O)NC(C(=O)NC(CC(N)=O)C(=O)O)C(C)O. The predicted octanol–water partition coefficient (Wildman–Crippen LogP) is -2.72. The molecule has 0 spiro atoms. The summed E-state index contributed by atoms with van der Waals surface area (Å²) in [6.45, 7) is 5.27. The van der Waals surface area contributed by atoms with Crippen molar-refractivity contribution < 1.29 is 34.2 Å². The van der Waals surface area contributed by atoms with Crippen LogP contribution in [0.2, 0.25) is 0 Å². The first kappa shape index (κ1) is 30.2. The molecule has 11 N–H and O–H groups in total. The van der Waals surface area contributed by atoms with E-state index in [4.69, 9.17) is 22.3 Å². The zero-order chi connectivity index (χ0) is 25.7. The van der Waals surface area contributed by atoms with Crippen molar-refractivity contribution in [1.82, 2.24) is 16.0 Å². The van der Waals surface area contributed by atoms with Gasteiger partial charge in [0.2, 0.25) is 23.6 Å². The molecule has 0 bridgehead atoms. The van der Waals surface area contributed by atoms with Crippen LogP contribution in [0.25, 0.3) is 0 Å². The summed E-state index contributed by atoms with van der Waals surface area (Å²) in [7, 11) is 0. The van der Waals surface area contributed by atoms with Gasteiger partial charge in [0.15, 0.2) is 0 Å². The van der Waals surface area contributed by atoms with Gasteiger partial charge in [-0.25, -0.2) is 4.79 Å². The topological polar surface area (TPSA) is 240 Å². The summed E-state index contributed by atoms with van der Waals surface area (Å²) < 4.78 is 0. The van der Waals surface area contributed by atoms with Crippen molar-refractivity contribution in [2.75, 3.05) is 6.54 Å². The lowest BCUT2D eigenvalue weighted by Gasteiger charge is -2.27. The molecule has 6 unspecified atom stereocenters. The van der Waals surface area contributed by atoms with Crippen molar-refractivity contribution in [3.8, 4) is 0 Å². The highest BCUT2D eigenvalue weighted by Gasteiger charge is 2.33. The van der Waals surface area contributed by atoms with Gasteiger partial charge in [-0.3, -0.25) is 19.2 Å². The summed E-state index contributed by atoms with van der Waals surface area (Å²) in [6.07, 6.45) is -0.148. The summed E-state index contributed by atoms with van der Waals surface area (Å²) in [5, 5.41) is 26.1. The van der Waals surface area contributed by atoms with E-state index in [1.165, 1.54) is 6.92 Å². The lowest BCUT2D eigenvalue weighted by Crippen LogP contribution is -2.60. The number of hydrogen-bond donors (Lipinski definition) is 8. The Labute approximate surface area is 193 Å². The fourth-order valence-electron chi connectivity index (χ4n) is 2.86. The van der Waals surface area contributed by atoms with Gasteiger partial charge in [-0.05, 0) is 38.6 Å². The molecule has 0 saturated carbocycles. The van der Waals surface area contributed by atoms with Crippen molar-refractivity contribution in [1.29, 1.82) is 0 Å². The normalized spacial score (nSPS) is 16.4. The number of unbranched alkanes of at least 4 members (excludes halogenated alkanes) is 1. The Balaban J connectivity index is 5.47. The minimum atomic E-state index is -1.64. The van der Waals surface area contributed by atoms with Gasteiger partial charge in [-0.1, -0.05) is 20.3 Å². The standard InChI is InChI=1S/C20H38N6O7/c1-4-10(2)15(23)18(30)24-12(7-5-6-8-21)17(29)26-16(11(3)27)19(31)25-13(20(32)33)9-14(22)28/h10-13,15-16,27H,4-9,21,23H2,1-3H3,(H2,22,28)(H,24,30)(H,25,31)(H,26,29)(H,32,33). The zero-order valence-corrected chi connectivity index (χ0v) is 19.4. The van der Waals surface area contributed by atoms with Gasteiger partial charge >= 0.3 is 5.97 Å². The van der Waals surface area contributed by atoms with Gasteiger partial charge in [0.05, 0.1) is 18.6 Å². The molecule has 0 rings (SSSR count). The van der Waals surface area contributed by atoms with E-state index in [-0.39, 0.29) is 12.3 Å². The Morgan fingerprint density at radius 2 is 1.48 bits per heavy atom. The Kier molecular flexibility index (Phi) is 13.9. The number of nitrogens with two attached hydrogens (primary N) is 3. The van der Waals surface area contributed by atoms with E-state index in [1.54, 1.807) is 6.92 Å². The molecule has 0 aliphatic rings. The van der Waals surface area contributed by atoms with Crippen molar-refractivity contribution in [3.63, 3.8) is 0 Å². The average molecular weight is 475 g/mol. The molecular formula is C20H38N6O7. The van der Waals surface area contributed by atoms with Crippen LogP contribution in [-0.4, -0.2) is 76.6 Å². The van der Waals surface area contributed by atoms with E-state index < -0.39 is 66.3 Å². The van der Waals surface area contributed by atoms with E-state index in [2.05, 4.69) is 16.0 Å². The van der Waals surface area contributed by atoms with Gasteiger partial charge in [-0.2, -0.15) is 0 Å². The number of carbonyl (C=O) groups excluding carboxylic acids is 4. The van der Waals surface area contributed by atoms with Gasteiger partial charge in [0.1, 0.15) is 18.1 Å². The van der Waals surface area contributed by atoms with Gasteiger partial charge in [0, 0.05) is 0 Å². The summed E-state index contributed by atoms with van der Waals surface area (Å²) in [5.74, 6) is -4.94. The number of primary amides is 1. The third kappa shape index (κ3) is 11.1. The number of aliphatic hydroxyl groups excluding tert-OH is 1. The monoisotopic (exact) mass is 474 g/mol. The summed E-state index contributed by atoms with van der Waals surface area (Å²) >= 11 is 0. The number of nitrogens with one attached hydrogen (secondary N) is 3. The molecule has 0 aromatic heterocycles. The molecule has 0 radical (unpaired) electrons. The molecule has 0 saturated heterocycles. The lowest BCUT2D eigenvalue weighted by atomic mass is 9.98.